The van der Waals surface area contributed by atoms with Crippen molar-refractivity contribution in [2.24, 2.45) is 5.84 Å². The standard InChI is InChI=1S/C13H19BrFN3O/c1-2-18-5-6-19-12(8-18)13(17-16)10-7-9(14)3-4-11(10)15/h3-4,7,12-13,17H,2,5-6,8,16H2,1H3. The van der Waals surface area contributed by atoms with E-state index in [1.54, 1.807) is 12.1 Å². The van der Waals surface area contributed by atoms with Gasteiger partial charge in [-0.05, 0) is 24.7 Å². The highest BCUT2D eigenvalue weighted by atomic mass is 79.9. The quantitative estimate of drug-likeness (QED) is 0.652. The molecule has 3 N–H and O–H groups in total. The maximum Gasteiger partial charge on any atom is 0.128 e. The number of halogens is 2. The molecule has 1 heterocycles. The first-order valence-corrected chi connectivity index (χ1v) is 7.20. The number of hydrazine groups is 1. The minimum atomic E-state index is -0.355. The molecule has 1 saturated heterocycles. The van der Waals surface area contributed by atoms with Crippen molar-refractivity contribution >= 4 is 15.9 Å². The third kappa shape index (κ3) is 3.52. The largest absolute Gasteiger partial charge is 0.374 e. The number of nitrogens with two attached hydrogens (primary N) is 1. The number of hydrogen-bond acceptors (Lipinski definition) is 4. The summed E-state index contributed by atoms with van der Waals surface area (Å²) in [6.07, 6.45) is -0.150. The molecule has 2 atom stereocenters. The van der Waals surface area contributed by atoms with E-state index < -0.39 is 0 Å². The zero-order valence-corrected chi connectivity index (χ0v) is 12.5. The second kappa shape index (κ2) is 6.76. The van der Waals surface area contributed by atoms with Crippen LogP contribution in [0.25, 0.3) is 0 Å². The van der Waals surface area contributed by atoms with Gasteiger partial charge in [0.1, 0.15) is 5.82 Å². The van der Waals surface area contributed by atoms with Crippen LogP contribution in [0.3, 0.4) is 0 Å². The van der Waals surface area contributed by atoms with Crippen molar-refractivity contribution in [3.8, 4) is 0 Å². The molecule has 1 fully saturated rings. The van der Waals surface area contributed by atoms with E-state index in [4.69, 9.17) is 10.6 Å². The summed E-state index contributed by atoms with van der Waals surface area (Å²) >= 11 is 3.36. The molecule has 19 heavy (non-hydrogen) atoms. The van der Waals surface area contributed by atoms with Crippen LogP contribution < -0.4 is 11.3 Å². The van der Waals surface area contributed by atoms with Crippen LogP contribution in [0.15, 0.2) is 22.7 Å². The van der Waals surface area contributed by atoms with Gasteiger partial charge in [-0.1, -0.05) is 22.9 Å². The van der Waals surface area contributed by atoms with Gasteiger partial charge in [0.05, 0.1) is 18.8 Å². The van der Waals surface area contributed by atoms with E-state index in [0.717, 1.165) is 24.1 Å². The Bertz CT molecular complexity index is 432. The van der Waals surface area contributed by atoms with Crippen LogP contribution in [0.2, 0.25) is 0 Å². The Morgan fingerprint density at radius 1 is 1.63 bits per heavy atom. The van der Waals surface area contributed by atoms with Gasteiger partial charge in [-0.3, -0.25) is 16.2 Å². The van der Waals surface area contributed by atoms with Crippen molar-refractivity contribution in [2.45, 2.75) is 19.1 Å². The van der Waals surface area contributed by atoms with Gasteiger partial charge < -0.3 is 4.74 Å². The summed E-state index contributed by atoms with van der Waals surface area (Å²) in [5.41, 5.74) is 3.22. The molecule has 4 nitrogen and oxygen atoms in total. The first-order chi connectivity index (χ1) is 9.15. The van der Waals surface area contributed by atoms with E-state index in [2.05, 4.69) is 33.2 Å². The van der Waals surface area contributed by atoms with Crippen molar-refractivity contribution in [2.75, 3.05) is 26.2 Å². The molecule has 6 heteroatoms. The molecule has 0 spiro atoms. The number of nitrogens with zero attached hydrogens (tertiary/aromatic N) is 1. The Morgan fingerprint density at radius 2 is 2.42 bits per heavy atom. The Labute approximate surface area is 121 Å². The Hall–Kier alpha value is -0.530. The number of ether oxygens (including phenoxy) is 1. The topological polar surface area (TPSA) is 50.5 Å². The second-order valence-corrected chi connectivity index (χ2v) is 5.53. The molecule has 2 unspecified atom stereocenters. The van der Waals surface area contributed by atoms with E-state index >= 15 is 0 Å². The van der Waals surface area contributed by atoms with E-state index in [0.29, 0.717) is 12.2 Å². The molecule has 0 aromatic heterocycles. The van der Waals surface area contributed by atoms with Crippen molar-refractivity contribution < 1.29 is 9.13 Å². The molecule has 1 aromatic rings. The van der Waals surface area contributed by atoms with E-state index in [9.17, 15) is 4.39 Å². The van der Waals surface area contributed by atoms with Gasteiger partial charge >= 0.3 is 0 Å². The number of hydrogen-bond donors (Lipinski definition) is 2. The summed E-state index contributed by atoms with van der Waals surface area (Å²) < 4.78 is 20.5. The molecule has 0 saturated carbocycles. The Kier molecular flexibility index (Phi) is 5.29. The molecule has 0 bridgehead atoms. The van der Waals surface area contributed by atoms with Crippen LogP contribution in [-0.2, 0) is 4.74 Å². The molecule has 1 aliphatic rings. The first-order valence-electron chi connectivity index (χ1n) is 6.40. The summed E-state index contributed by atoms with van der Waals surface area (Å²) in [7, 11) is 0. The van der Waals surface area contributed by atoms with E-state index in [1.807, 2.05) is 0 Å². The SMILES string of the molecule is CCN1CCOC(C(NN)c2cc(Br)ccc2F)C1. The molecule has 2 rings (SSSR count). The van der Waals surface area contributed by atoms with Crippen LogP contribution >= 0.6 is 15.9 Å². The molecular formula is C13H19BrFN3O. The average molecular weight is 332 g/mol. The van der Waals surface area contributed by atoms with E-state index in [-0.39, 0.29) is 18.0 Å². The summed E-state index contributed by atoms with van der Waals surface area (Å²) in [5, 5.41) is 0. The highest BCUT2D eigenvalue weighted by Gasteiger charge is 2.29. The zero-order chi connectivity index (χ0) is 13.8. The Balaban J connectivity index is 2.21. The fourth-order valence-corrected chi connectivity index (χ4v) is 2.75. The van der Waals surface area contributed by atoms with Crippen LogP contribution in [0.1, 0.15) is 18.5 Å². The van der Waals surface area contributed by atoms with Gasteiger partial charge in [-0.25, -0.2) is 4.39 Å². The predicted octanol–water partition coefficient (Wildman–Crippen LogP) is 1.81. The van der Waals surface area contributed by atoms with Crippen molar-refractivity contribution in [3.63, 3.8) is 0 Å². The lowest BCUT2D eigenvalue weighted by Gasteiger charge is -2.36. The third-order valence-electron chi connectivity index (χ3n) is 3.47. The van der Waals surface area contributed by atoms with Gasteiger partial charge in [-0.15, -0.1) is 0 Å². The second-order valence-electron chi connectivity index (χ2n) is 4.61. The third-order valence-corrected chi connectivity index (χ3v) is 3.96. The number of likely N-dealkylation sites (N-methyl/N-ethyl adjacent to an activating group) is 1. The lowest BCUT2D eigenvalue weighted by atomic mass is 10.00. The van der Waals surface area contributed by atoms with Gasteiger partial charge in [0, 0.05) is 23.1 Å². The van der Waals surface area contributed by atoms with Crippen molar-refractivity contribution in [3.05, 3.63) is 34.1 Å². The number of benzene rings is 1. The predicted molar refractivity (Wildman–Crippen MR) is 76.0 cm³/mol. The lowest BCUT2D eigenvalue weighted by Crippen LogP contribution is -2.49. The summed E-state index contributed by atoms with van der Waals surface area (Å²) in [5.74, 6) is 5.34. The normalized spacial score (nSPS) is 22.4. The fraction of sp³-hybridized carbons (Fsp3) is 0.538. The molecule has 1 aliphatic heterocycles. The number of morpholine rings is 1. The molecule has 0 aliphatic carbocycles. The molecular weight excluding hydrogens is 313 g/mol. The Morgan fingerprint density at radius 3 is 3.11 bits per heavy atom. The monoisotopic (exact) mass is 331 g/mol. The fourth-order valence-electron chi connectivity index (χ4n) is 2.37. The van der Waals surface area contributed by atoms with Gasteiger partial charge in [0.2, 0.25) is 0 Å². The summed E-state index contributed by atoms with van der Waals surface area (Å²) in [6, 6.07) is 4.50. The lowest BCUT2D eigenvalue weighted by molar-refractivity contribution is -0.0461. The molecule has 0 radical (unpaired) electrons. The highest BCUT2D eigenvalue weighted by molar-refractivity contribution is 9.10. The smallest absolute Gasteiger partial charge is 0.128 e. The zero-order valence-electron chi connectivity index (χ0n) is 10.9. The molecule has 0 amide bonds. The minimum absolute atomic E-state index is 0.150. The van der Waals surface area contributed by atoms with Crippen molar-refractivity contribution in [1.82, 2.24) is 10.3 Å². The van der Waals surface area contributed by atoms with Crippen LogP contribution in [0.5, 0.6) is 0 Å². The summed E-state index contributed by atoms with van der Waals surface area (Å²) in [6.45, 7) is 5.36. The van der Waals surface area contributed by atoms with Gasteiger partial charge in [-0.2, -0.15) is 0 Å². The van der Waals surface area contributed by atoms with Gasteiger partial charge in [0.25, 0.3) is 0 Å². The maximum atomic E-state index is 14.0. The number of nitrogens with one attached hydrogen (secondary N) is 1. The highest BCUT2D eigenvalue weighted by Crippen LogP contribution is 2.26. The number of rotatable bonds is 4. The molecule has 106 valence electrons. The minimum Gasteiger partial charge on any atom is -0.374 e. The van der Waals surface area contributed by atoms with Crippen LogP contribution in [-0.4, -0.2) is 37.2 Å². The average Bonchev–Trinajstić information content (AvgIpc) is 2.44. The van der Waals surface area contributed by atoms with Crippen molar-refractivity contribution in [1.29, 1.82) is 0 Å². The van der Waals surface area contributed by atoms with Crippen LogP contribution in [0.4, 0.5) is 4.39 Å². The summed E-state index contributed by atoms with van der Waals surface area (Å²) in [4.78, 5) is 2.27. The molecule has 1 aromatic carbocycles. The van der Waals surface area contributed by atoms with Gasteiger partial charge in [0.15, 0.2) is 0 Å². The maximum absolute atomic E-state index is 14.0. The van der Waals surface area contributed by atoms with Crippen LogP contribution in [0, 0.1) is 5.82 Å². The first kappa shape index (κ1) is 14.9. The van der Waals surface area contributed by atoms with E-state index in [1.165, 1.54) is 6.07 Å².